The van der Waals surface area contributed by atoms with Crippen LogP contribution in [0.4, 0.5) is 0 Å². The number of benzene rings is 1. The highest BCUT2D eigenvalue weighted by atomic mass is 35.5. The third kappa shape index (κ3) is 6.97. The Labute approximate surface area is 211 Å². The Morgan fingerprint density at radius 3 is 2.51 bits per heavy atom. The lowest BCUT2D eigenvalue weighted by molar-refractivity contribution is -0.138. The minimum absolute atomic E-state index is 0.0768. The summed E-state index contributed by atoms with van der Waals surface area (Å²) in [4.78, 5) is 34.2. The number of hydrogen-bond acceptors (Lipinski definition) is 6. The molecule has 0 bridgehead atoms. The van der Waals surface area contributed by atoms with Crippen LogP contribution in [0.2, 0.25) is 5.02 Å². The second-order valence-corrected chi connectivity index (χ2v) is 10.1. The van der Waals surface area contributed by atoms with Crippen molar-refractivity contribution < 1.29 is 18.8 Å². The zero-order valence-corrected chi connectivity index (χ0v) is 21.3. The lowest BCUT2D eigenvalue weighted by Gasteiger charge is -2.42. The number of hydrogen-bond donors (Lipinski definition) is 0. The summed E-state index contributed by atoms with van der Waals surface area (Å²) >= 11 is 6.12. The minimum atomic E-state index is -0.309. The average Bonchev–Trinajstić information content (AvgIpc) is 3.35. The monoisotopic (exact) mass is 502 g/mol. The normalized spacial score (nSPS) is 17.9. The molecule has 35 heavy (non-hydrogen) atoms. The van der Waals surface area contributed by atoms with E-state index >= 15 is 0 Å². The van der Waals surface area contributed by atoms with Gasteiger partial charge in [-0.2, -0.15) is 4.98 Å². The van der Waals surface area contributed by atoms with Crippen molar-refractivity contribution in [1.82, 2.24) is 19.9 Å². The summed E-state index contributed by atoms with van der Waals surface area (Å²) < 4.78 is 11.4. The predicted octanol–water partition coefficient (Wildman–Crippen LogP) is 4.31. The Hall–Kier alpha value is -2.61. The van der Waals surface area contributed by atoms with Crippen LogP contribution in [0.1, 0.15) is 63.6 Å². The number of rotatable bonds is 9. The lowest BCUT2D eigenvalue weighted by atomic mass is 9.75. The van der Waals surface area contributed by atoms with Gasteiger partial charge in [-0.05, 0) is 50.3 Å². The van der Waals surface area contributed by atoms with Gasteiger partial charge < -0.3 is 19.1 Å². The van der Waals surface area contributed by atoms with Crippen LogP contribution < -0.4 is 4.74 Å². The molecule has 0 unspecified atom stereocenters. The maximum absolute atomic E-state index is 13.2. The SMILES string of the molecule is CCc1noc(CCC(=O)N2CCC(COc3cccc(Cl)c3)(CC(=O)N3CCCCC3)CC2)n1. The fourth-order valence-electron chi connectivity index (χ4n) is 4.88. The number of ether oxygens (including phenoxy) is 1. The number of carbonyl (C=O) groups excluding carboxylic acids is 2. The minimum Gasteiger partial charge on any atom is -0.493 e. The van der Waals surface area contributed by atoms with Crippen molar-refractivity contribution >= 4 is 23.4 Å². The first-order valence-corrected chi connectivity index (χ1v) is 13.1. The van der Waals surface area contributed by atoms with Gasteiger partial charge in [-0.15, -0.1) is 0 Å². The molecule has 4 rings (SSSR count). The molecular formula is C26H35ClN4O4. The highest BCUT2D eigenvalue weighted by molar-refractivity contribution is 6.30. The average molecular weight is 503 g/mol. The maximum atomic E-state index is 13.2. The molecule has 2 aromatic rings. The molecule has 2 amide bonds. The Kier molecular flexibility index (Phi) is 8.65. The molecule has 1 aromatic heterocycles. The number of likely N-dealkylation sites (tertiary alicyclic amines) is 2. The van der Waals surface area contributed by atoms with Crippen molar-refractivity contribution in [1.29, 1.82) is 0 Å². The van der Waals surface area contributed by atoms with Crippen molar-refractivity contribution in [2.24, 2.45) is 5.41 Å². The third-order valence-corrected chi connectivity index (χ3v) is 7.37. The van der Waals surface area contributed by atoms with Gasteiger partial charge in [0.2, 0.25) is 17.7 Å². The van der Waals surface area contributed by atoms with Crippen LogP contribution in [0.25, 0.3) is 0 Å². The van der Waals surface area contributed by atoms with Crippen LogP contribution in [-0.4, -0.2) is 64.5 Å². The lowest BCUT2D eigenvalue weighted by Crippen LogP contribution is -2.48. The number of piperidine rings is 2. The van der Waals surface area contributed by atoms with Gasteiger partial charge in [-0.1, -0.05) is 29.7 Å². The zero-order valence-electron chi connectivity index (χ0n) is 20.5. The summed E-state index contributed by atoms with van der Waals surface area (Å²) in [6.45, 7) is 5.28. The van der Waals surface area contributed by atoms with E-state index < -0.39 is 0 Å². The van der Waals surface area contributed by atoms with Gasteiger partial charge in [0.05, 0.1) is 6.61 Å². The van der Waals surface area contributed by atoms with E-state index in [1.807, 2.05) is 34.9 Å². The van der Waals surface area contributed by atoms with Crippen molar-refractivity contribution in [2.45, 2.75) is 64.7 Å². The van der Waals surface area contributed by atoms with Crippen LogP contribution in [0, 0.1) is 5.41 Å². The van der Waals surface area contributed by atoms with Gasteiger partial charge in [0, 0.05) is 62.3 Å². The van der Waals surface area contributed by atoms with Crippen LogP contribution >= 0.6 is 11.6 Å². The van der Waals surface area contributed by atoms with E-state index in [1.165, 1.54) is 6.42 Å². The molecular weight excluding hydrogens is 468 g/mol. The smallest absolute Gasteiger partial charge is 0.227 e. The molecule has 2 aliphatic rings. The van der Waals surface area contributed by atoms with Gasteiger partial charge in [-0.25, -0.2) is 0 Å². The number of nitrogens with zero attached hydrogens (tertiary/aromatic N) is 4. The Balaban J connectivity index is 1.36. The van der Waals surface area contributed by atoms with Crippen LogP contribution in [0.5, 0.6) is 5.75 Å². The number of aryl methyl sites for hydroxylation is 2. The first-order valence-electron chi connectivity index (χ1n) is 12.7. The fraction of sp³-hybridized carbons (Fsp3) is 0.615. The molecule has 0 aliphatic carbocycles. The number of halogens is 1. The van der Waals surface area contributed by atoms with Crippen molar-refractivity contribution in [3.63, 3.8) is 0 Å². The van der Waals surface area contributed by atoms with Gasteiger partial charge in [0.1, 0.15) is 5.75 Å². The van der Waals surface area contributed by atoms with Crippen LogP contribution in [-0.2, 0) is 22.4 Å². The maximum Gasteiger partial charge on any atom is 0.227 e. The molecule has 2 saturated heterocycles. The van der Waals surface area contributed by atoms with Crippen molar-refractivity contribution in [2.75, 3.05) is 32.8 Å². The molecule has 2 aliphatic heterocycles. The van der Waals surface area contributed by atoms with Gasteiger partial charge in [0.15, 0.2) is 5.82 Å². The molecule has 2 fully saturated rings. The Morgan fingerprint density at radius 1 is 1.09 bits per heavy atom. The molecule has 0 N–H and O–H groups in total. The molecule has 0 saturated carbocycles. The molecule has 3 heterocycles. The molecule has 0 atom stereocenters. The van der Waals surface area contributed by atoms with Crippen LogP contribution in [0.3, 0.4) is 0 Å². The van der Waals surface area contributed by atoms with E-state index in [1.54, 1.807) is 6.07 Å². The van der Waals surface area contributed by atoms with E-state index in [4.69, 9.17) is 20.9 Å². The topological polar surface area (TPSA) is 88.8 Å². The largest absolute Gasteiger partial charge is 0.493 e. The quantitative estimate of drug-likeness (QED) is 0.507. The summed E-state index contributed by atoms with van der Waals surface area (Å²) in [5.41, 5.74) is -0.309. The summed E-state index contributed by atoms with van der Waals surface area (Å²) in [6.07, 6.45) is 6.70. The summed E-state index contributed by atoms with van der Waals surface area (Å²) in [7, 11) is 0. The highest BCUT2D eigenvalue weighted by Crippen LogP contribution is 2.37. The molecule has 190 valence electrons. The van der Waals surface area contributed by atoms with E-state index in [9.17, 15) is 9.59 Å². The summed E-state index contributed by atoms with van der Waals surface area (Å²) in [5.74, 6) is 2.14. The van der Waals surface area contributed by atoms with Gasteiger partial charge in [0.25, 0.3) is 0 Å². The Morgan fingerprint density at radius 2 is 1.83 bits per heavy atom. The molecule has 0 radical (unpaired) electrons. The molecule has 9 heteroatoms. The molecule has 1 aromatic carbocycles. The van der Waals surface area contributed by atoms with E-state index in [0.29, 0.717) is 67.9 Å². The van der Waals surface area contributed by atoms with E-state index in [2.05, 4.69) is 10.1 Å². The van der Waals surface area contributed by atoms with Gasteiger partial charge >= 0.3 is 0 Å². The first kappa shape index (κ1) is 25.5. The second kappa shape index (κ2) is 11.9. The molecule has 0 spiro atoms. The zero-order chi connectivity index (χ0) is 24.7. The highest BCUT2D eigenvalue weighted by Gasteiger charge is 2.39. The van der Waals surface area contributed by atoms with E-state index in [-0.39, 0.29) is 17.2 Å². The summed E-state index contributed by atoms with van der Waals surface area (Å²) in [6, 6.07) is 7.34. The first-order chi connectivity index (χ1) is 17.0. The van der Waals surface area contributed by atoms with Crippen LogP contribution in [0.15, 0.2) is 28.8 Å². The van der Waals surface area contributed by atoms with Crippen molar-refractivity contribution in [3.05, 3.63) is 41.0 Å². The second-order valence-electron chi connectivity index (χ2n) is 9.70. The Bertz CT molecular complexity index is 997. The van der Waals surface area contributed by atoms with Gasteiger partial charge in [-0.3, -0.25) is 9.59 Å². The van der Waals surface area contributed by atoms with E-state index in [0.717, 1.165) is 38.8 Å². The van der Waals surface area contributed by atoms with Crippen molar-refractivity contribution in [3.8, 4) is 5.75 Å². The third-order valence-electron chi connectivity index (χ3n) is 7.13. The standard InChI is InChI=1S/C26H35ClN4O4/c1-2-22-28-23(35-29-22)9-10-24(32)31-15-11-26(12-16-31,18-25(33)30-13-4-3-5-14-30)19-34-21-8-6-7-20(27)17-21/h6-8,17H,2-5,9-16,18-19H2,1H3. The fourth-order valence-corrected chi connectivity index (χ4v) is 5.06. The summed E-state index contributed by atoms with van der Waals surface area (Å²) in [5, 5.41) is 4.51. The molecule has 8 nitrogen and oxygen atoms in total. The number of carbonyl (C=O) groups is 2. The number of aromatic nitrogens is 2. The number of amides is 2. The predicted molar refractivity (Wildman–Crippen MR) is 132 cm³/mol.